The van der Waals surface area contributed by atoms with Crippen LogP contribution in [0.4, 0.5) is 0 Å². The molecule has 0 bridgehead atoms. The van der Waals surface area contributed by atoms with Crippen LogP contribution in [0.3, 0.4) is 0 Å². The van der Waals surface area contributed by atoms with Gasteiger partial charge in [-0.05, 0) is 13.0 Å². The molecule has 1 N–H and O–H groups in total. The number of nitrogens with one attached hydrogen (secondary N) is 1. The number of hydrogen-bond acceptors (Lipinski definition) is 4. The van der Waals surface area contributed by atoms with Crippen molar-refractivity contribution < 1.29 is 14.3 Å². The first kappa shape index (κ1) is 14.8. The van der Waals surface area contributed by atoms with Gasteiger partial charge in [-0.25, -0.2) is 0 Å². The molecule has 20 heavy (non-hydrogen) atoms. The predicted molar refractivity (Wildman–Crippen MR) is 76.7 cm³/mol. The zero-order valence-electron chi connectivity index (χ0n) is 12.1. The Balaban J connectivity index is 1.87. The molecule has 2 rings (SSSR count). The molecule has 1 amide bonds. The molecule has 5 nitrogen and oxygen atoms in total. The summed E-state index contributed by atoms with van der Waals surface area (Å²) in [5.41, 5.74) is 0.984. The maximum absolute atomic E-state index is 12.2. The number of ether oxygens (including phenoxy) is 2. The Morgan fingerprint density at radius 1 is 1.40 bits per heavy atom. The number of amides is 1. The van der Waals surface area contributed by atoms with Crippen molar-refractivity contribution in [3.8, 4) is 5.75 Å². The van der Waals surface area contributed by atoms with Crippen molar-refractivity contribution in [1.29, 1.82) is 0 Å². The van der Waals surface area contributed by atoms with Gasteiger partial charge in [0.05, 0.1) is 26.4 Å². The number of nitrogens with zero attached hydrogens (tertiary/aromatic N) is 1. The van der Waals surface area contributed by atoms with E-state index in [4.69, 9.17) is 9.47 Å². The molecule has 0 radical (unpaired) electrons. The molecule has 1 atom stereocenters. The summed E-state index contributed by atoms with van der Waals surface area (Å²) in [6.45, 7) is 5.43. The fraction of sp³-hybridized carbons (Fsp3) is 0.533. The number of rotatable bonds is 5. The summed E-state index contributed by atoms with van der Waals surface area (Å²) in [6, 6.07) is 7.58. The fourth-order valence-corrected chi connectivity index (χ4v) is 2.31. The van der Waals surface area contributed by atoms with Crippen LogP contribution < -0.4 is 10.1 Å². The monoisotopic (exact) mass is 278 g/mol. The van der Waals surface area contributed by atoms with Gasteiger partial charge in [-0.15, -0.1) is 0 Å². The van der Waals surface area contributed by atoms with Gasteiger partial charge in [0.25, 0.3) is 0 Å². The first-order valence-corrected chi connectivity index (χ1v) is 6.93. The third kappa shape index (κ3) is 3.71. The normalized spacial score (nSPS) is 17.5. The van der Waals surface area contributed by atoms with Gasteiger partial charge in [0.1, 0.15) is 5.75 Å². The van der Waals surface area contributed by atoms with E-state index in [1.54, 1.807) is 7.11 Å². The molecule has 110 valence electrons. The van der Waals surface area contributed by atoms with Crippen molar-refractivity contribution in [3.05, 3.63) is 29.8 Å². The van der Waals surface area contributed by atoms with Crippen LogP contribution in [-0.2, 0) is 16.1 Å². The fourth-order valence-electron chi connectivity index (χ4n) is 2.31. The predicted octanol–water partition coefficient (Wildman–Crippen LogP) is 1.03. The minimum absolute atomic E-state index is 0.0396. The molecule has 1 aromatic rings. The third-order valence-electron chi connectivity index (χ3n) is 3.62. The van der Waals surface area contributed by atoms with Crippen LogP contribution in [0.2, 0.25) is 0 Å². The maximum atomic E-state index is 12.2. The van der Waals surface area contributed by atoms with Crippen LogP contribution in [0.5, 0.6) is 5.75 Å². The average molecular weight is 278 g/mol. The zero-order chi connectivity index (χ0) is 14.4. The molecule has 0 spiro atoms. The van der Waals surface area contributed by atoms with Crippen molar-refractivity contribution in [2.75, 3.05) is 33.4 Å². The van der Waals surface area contributed by atoms with Gasteiger partial charge in [-0.3, -0.25) is 9.69 Å². The van der Waals surface area contributed by atoms with E-state index < -0.39 is 0 Å². The number of methoxy groups -OCH3 is 1. The summed E-state index contributed by atoms with van der Waals surface area (Å²) < 4.78 is 10.6. The number of para-hydroxylation sites is 1. The van der Waals surface area contributed by atoms with Crippen molar-refractivity contribution in [2.24, 2.45) is 0 Å². The SMILES string of the molecule is COc1ccccc1CNC(=O)[C@@H](C)N1CCOCC1. The Morgan fingerprint density at radius 2 is 2.10 bits per heavy atom. The van der Waals surface area contributed by atoms with Gasteiger partial charge in [-0.1, -0.05) is 18.2 Å². The summed E-state index contributed by atoms with van der Waals surface area (Å²) in [5, 5.41) is 2.97. The molecular formula is C15H22N2O3. The Kier molecular flexibility index (Phi) is 5.38. The Hall–Kier alpha value is -1.59. The van der Waals surface area contributed by atoms with Gasteiger partial charge in [0.15, 0.2) is 0 Å². The standard InChI is InChI=1S/C15H22N2O3/c1-12(17-7-9-20-10-8-17)15(18)16-11-13-5-3-4-6-14(13)19-2/h3-6,12H,7-11H2,1-2H3,(H,16,18)/t12-/m1/s1. The number of carbonyl (C=O) groups is 1. The molecule has 1 aliphatic heterocycles. The number of carbonyl (C=O) groups excluding carboxylic acids is 1. The van der Waals surface area contributed by atoms with Crippen LogP contribution in [0.25, 0.3) is 0 Å². The number of morpholine rings is 1. The highest BCUT2D eigenvalue weighted by molar-refractivity contribution is 5.81. The van der Waals surface area contributed by atoms with Crippen molar-refractivity contribution in [2.45, 2.75) is 19.5 Å². The second kappa shape index (κ2) is 7.26. The van der Waals surface area contributed by atoms with E-state index in [2.05, 4.69) is 10.2 Å². The third-order valence-corrected chi connectivity index (χ3v) is 3.62. The summed E-state index contributed by atoms with van der Waals surface area (Å²) >= 11 is 0. The average Bonchev–Trinajstić information content (AvgIpc) is 2.53. The summed E-state index contributed by atoms with van der Waals surface area (Å²) in [4.78, 5) is 14.3. The molecule has 1 aromatic carbocycles. The van der Waals surface area contributed by atoms with Gasteiger partial charge in [-0.2, -0.15) is 0 Å². The van der Waals surface area contributed by atoms with Crippen LogP contribution in [0.15, 0.2) is 24.3 Å². The zero-order valence-corrected chi connectivity index (χ0v) is 12.1. The largest absolute Gasteiger partial charge is 0.496 e. The lowest BCUT2D eigenvalue weighted by Crippen LogP contribution is -2.49. The lowest BCUT2D eigenvalue weighted by atomic mass is 10.2. The van der Waals surface area contributed by atoms with Gasteiger partial charge in [0.2, 0.25) is 5.91 Å². The van der Waals surface area contributed by atoms with Crippen LogP contribution in [0, 0.1) is 0 Å². The van der Waals surface area contributed by atoms with E-state index in [1.807, 2.05) is 31.2 Å². The molecule has 0 aliphatic carbocycles. The van der Waals surface area contributed by atoms with Crippen molar-refractivity contribution in [3.63, 3.8) is 0 Å². The molecule has 1 saturated heterocycles. The minimum atomic E-state index is -0.131. The van der Waals surface area contributed by atoms with Crippen LogP contribution >= 0.6 is 0 Å². The molecule has 1 heterocycles. The molecular weight excluding hydrogens is 256 g/mol. The highest BCUT2D eigenvalue weighted by Gasteiger charge is 2.22. The molecule has 1 fully saturated rings. The van der Waals surface area contributed by atoms with E-state index in [0.29, 0.717) is 19.8 Å². The number of benzene rings is 1. The van der Waals surface area contributed by atoms with Crippen molar-refractivity contribution in [1.82, 2.24) is 10.2 Å². The molecule has 0 saturated carbocycles. The topological polar surface area (TPSA) is 50.8 Å². The smallest absolute Gasteiger partial charge is 0.237 e. The van der Waals surface area contributed by atoms with Crippen molar-refractivity contribution >= 4 is 5.91 Å². The van der Waals surface area contributed by atoms with Gasteiger partial charge >= 0.3 is 0 Å². The molecule has 0 aromatic heterocycles. The second-order valence-electron chi connectivity index (χ2n) is 4.85. The summed E-state index contributed by atoms with van der Waals surface area (Å²) in [7, 11) is 1.64. The lowest BCUT2D eigenvalue weighted by Gasteiger charge is -2.31. The van der Waals surface area contributed by atoms with Crippen LogP contribution in [0.1, 0.15) is 12.5 Å². The maximum Gasteiger partial charge on any atom is 0.237 e. The first-order chi connectivity index (χ1) is 9.72. The quantitative estimate of drug-likeness (QED) is 0.874. The van der Waals surface area contributed by atoms with E-state index >= 15 is 0 Å². The molecule has 1 aliphatic rings. The molecule has 5 heteroatoms. The Labute approximate surface area is 119 Å². The van der Waals surface area contributed by atoms with Crippen LogP contribution in [-0.4, -0.2) is 50.3 Å². The number of hydrogen-bond donors (Lipinski definition) is 1. The Bertz CT molecular complexity index is 444. The van der Waals surface area contributed by atoms with E-state index in [1.165, 1.54) is 0 Å². The highest BCUT2D eigenvalue weighted by Crippen LogP contribution is 2.16. The summed E-state index contributed by atoms with van der Waals surface area (Å²) in [5.74, 6) is 0.838. The first-order valence-electron chi connectivity index (χ1n) is 6.93. The van der Waals surface area contributed by atoms with E-state index in [0.717, 1.165) is 24.4 Å². The van der Waals surface area contributed by atoms with Gasteiger partial charge in [0, 0.05) is 25.2 Å². The summed E-state index contributed by atoms with van der Waals surface area (Å²) in [6.07, 6.45) is 0. The highest BCUT2D eigenvalue weighted by atomic mass is 16.5. The van der Waals surface area contributed by atoms with E-state index in [-0.39, 0.29) is 11.9 Å². The molecule has 0 unspecified atom stereocenters. The van der Waals surface area contributed by atoms with E-state index in [9.17, 15) is 4.79 Å². The van der Waals surface area contributed by atoms with Gasteiger partial charge < -0.3 is 14.8 Å². The minimum Gasteiger partial charge on any atom is -0.496 e. The Morgan fingerprint density at radius 3 is 2.80 bits per heavy atom. The second-order valence-corrected chi connectivity index (χ2v) is 4.85. The lowest BCUT2D eigenvalue weighted by molar-refractivity contribution is -0.127.